The Labute approximate surface area is 161 Å². The molecule has 3 aromatic rings. The van der Waals surface area contributed by atoms with Crippen LogP contribution in [0.25, 0.3) is 17.0 Å². The molecule has 1 aliphatic carbocycles. The number of aromatic carboxylic acids is 1. The third kappa shape index (κ3) is 3.32. The van der Waals surface area contributed by atoms with Gasteiger partial charge < -0.3 is 5.11 Å². The first kappa shape index (κ1) is 18.4. The van der Waals surface area contributed by atoms with Crippen LogP contribution in [0.1, 0.15) is 67.9 Å². The molecular weight excluding hydrogens is 360 g/mol. The number of hydrogen-bond donors (Lipinski definition) is 2. The lowest BCUT2D eigenvalue weighted by Gasteiger charge is -2.21. The molecule has 0 atom stereocenters. The quantitative estimate of drug-likeness (QED) is 0.698. The summed E-state index contributed by atoms with van der Waals surface area (Å²) < 4.78 is 3.08. The first-order valence-corrected chi connectivity index (χ1v) is 9.73. The van der Waals surface area contributed by atoms with Gasteiger partial charge in [0.2, 0.25) is 5.95 Å². The van der Waals surface area contributed by atoms with Crippen LogP contribution in [0.4, 0.5) is 0 Å². The zero-order chi connectivity index (χ0) is 19.8. The number of aromatic amines is 1. The highest BCUT2D eigenvalue weighted by molar-refractivity contribution is 5.87. The highest BCUT2D eigenvalue weighted by Crippen LogP contribution is 2.27. The van der Waals surface area contributed by atoms with Gasteiger partial charge in [-0.1, -0.05) is 33.1 Å². The van der Waals surface area contributed by atoms with E-state index in [0.29, 0.717) is 17.0 Å². The van der Waals surface area contributed by atoms with Crippen molar-refractivity contribution in [2.45, 2.75) is 58.4 Å². The molecule has 0 amide bonds. The maximum Gasteiger partial charge on any atom is 0.338 e. The zero-order valence-electron chi connectivity index (χ0n) is 16.1. The van der Waals surface area contributed by atoms with E-state index in [0.717, 1.165) is 25.1 Å². The fraction of sp³-hybridized carbons (Fsp3) is 0.526. The Morgan fingerprint density at radius 3 is 2.71 bits per heavy atom. The summed E-state index contributed by atoms with van der Waals surface area (Å²) >= 11 is 0. The van der Waals surface area contributed by atoms with Gasteiger partial charge in [-0.3, -0.25) is 14.5 Å². The predicted octanol–water partition coefficient (Wildman–Crippen LogP) is 2.71. The number of nitrogens with one attached hydrogen (secondary N) is 1. The van der Waals surface area contributed by atoms with E-state index in [-0.39, 0.29) is 23.0 Å². The smallest absolute Gasteiger partial charge is 0.338 e. The van der Waals surface area contributed by atoms with E-state index in [9.17, 15) is 9.59 Å². The van der Waals surface area contributed by atoms with E-state index in [1.807, 2.05) is 18.5 Å². The SMILES string of the molecule is CC(C)c1nn(CC2CCCCC2)c2c(=O)[nH]c(-n3cc(C(=O)O)cn3)nc12. The highest BCUT2D eigenvalue weighted by atomic mass is 16.4. The van der Waals surface area contributed by atoms with E-state index < -0.39 is 5.97 Å². The molecule has 0 bridgehead atoms. The molecule has 148 valence electrons. The van der Waals surface area contributed by atoms with E-state index in [1.165, 1.54) is 36.3 Å². The van der Waals surface area contributed by atoms with Gasteiger partial charge in [-0.2, -0.15) is 10.2 Å². The summed E-state index contributed by atoms with van der Waals surface area (Å²) in [5.74, 6) is -0.272. The molecule has 1 saturated carbocycles. The molecule has 9 nitrogen and oxygen atoms in total. The molecule has 4 rings (SSSR count). The molecule has 0 aliphatic heterocycles. The average Bonchev–Trinajstić information content (AvgIpc) is 3.28. The molecule has 0 spiro atoms. The molecular formula is C19H24N6O3. The Morgan fingerprint density at radius 1 is 1.32 bits per heavy atom. The number of rotatable bonds is 5. The van der Waals surface area contributed by atoms with E-state index in [4.69, 9.17) is 10.2 Å². The minimum Gasteiger partial charge on any atom is -0.478 e. The molecule has 28 heavy (non-hydrogen) atoms. The lowest BCUT2D eigenvalue weighted by molar-refractivity contribution is 0.0697. The number of H-pyrrole nitrogens is 1. The van der Waals surface area contributed by atoms with Gasteiger partial charge in [-0.25, -0.2) is 14.5 Å². The van der Waals surface area contributed by atoms with Gasteiger partial charge in [-0.15, -0.1) is 0 Å². The normalized spacial score (nSPS) is 15.5. The fourth-order valence-electron chi connectivity index (χ4n) is 3.89. The number of carboxylic acids is 1. The van der Waals surface area contributed by atoms with Crippen molar-refractivity contribution < 1.29 is 9.90 Å². The average molecular weight is 384 g/mol. The molecule has 3 aromatic heterocycles. The Kier molecular flexibility index (Phi) is 4.74. The van der Waals surface area contributed by atoms with Crippen LogP contribution in [0.15, 0.2) is 17.2 Å². The number of hydrogen-bond acceptors (Lipinski definition) is 5. The van der Waals surface area contributed by atoms with Crippen LogP contribution in [-0.2, 0) is 6.54 Å². The summed E-state index contributed by atoms with van der Waals surface area (Å²) in [7, 11) is 0. The summed E-state index contributed by atoms with van der Waals surface area (Å²) in [6.45, 7) is 4.76. The van der Waals surface area contributed by atoms with Gasteiger partial charge in [0, 0.05) is 12.7 Å². The van der Waals surface area contributed by atoms with Crippen molar-refractivity contribution >= 4 is 17.0 Å². The second-order valence-electron chi connectivity index (χ2n) is 7.79. The highest BCUT2D eigenvalue weighted by Gasteiger charge is 2.22. The molecule has 0 aromatic carbocycles. The number of aromatic nitrogens is 6. The Balaban J connectivity index is 1.80. The molecule has 1 fully saturated rings. The number of carbonyl (C=O) groups is 1. The lowest BCUT2D eigenvalue weighted by atomic mass is 9.89. The summed E-state index contributed by atoms with van der Waals surface area (Å²) in [5.41, 5.74) is 1.53. The lowest BCUT2D eigenvalue weighted by Crippen LogP contribution is -2.20. The first-order valence-electron chi connectivity index (χ1n) is 9.73. The molecule has 9 heteroatoms. The van der Waals surface area contributed by atoms with Crippen LogP contribution in [0.5, 0.6) is 0 Å². The monoisotopic (exact) mass is 384 g/mol. The zero-order valence-corrected chi connectivity index (χ0v) is 16.1. The van der Waals surface area contributed by atoms with Crippen molar-refractivity contribution in [3.8, 4) is 5.95 Å². The van der Waals surface area contributed by atoms with E-state index in [1.54, 1.807) is 0 Å². The summed E-state index contributed by atoms with van der Waals surface area (Å²) in [5, 5.41) is 17.8. The predicted molar refractivity (Wildman–Crippen MR) is 103 cm³/mol. The maximum absolute atomic E-state index is 12.9. The van der Waals surface area contributed by atoms with Crippen LogP contribution < -0.4 is 5.56 Å². The molecule has 0 saturated heterocycles. The standard InChI is InChI=1S/C19H24N6O3/c1-11(2)14-15-16(24(23-14)9-12-6-4-3-5-7-12)17(26)22-19(21-15)25-10-13(8-20-25)18(27)28/h8,10-12H,3-7,9H2,1-2H3,(H,27,28)(H,21,22,26). The van der Waals surface area contributed by atoms with Crippen molar-refractivity contribution in [3.63, 3.8) is 0 Å². The Bertz CT molecular complexity index is 1070. The van der Waals surface area contributed by atoms with Gasteiger partial charge in [0.05, 0.1) is 17.5 Å². The van der Waals surface area contributed by atoms with Crippen molar-refractivity contribution in [2.24, 2.45) is 5.92 Å². The second kappa shape index (κ2) is 7.21. The molecule has 0 unspecified atom stereocenters. The molecule has 3 heterocycles. The summed E-state index contributed by atoms with van der Waals surface area (Å²) in [4.78, 5) is 31.3. The minimum absolute atomic E-state index is 0.0276. The van der Waals surface area contributed by atoms with Gasteiger partial charge in [0.1, 0.15) is 5.52 Å². The van der Waals surface area contributed by atoms with Crippen LogP contribution in [0.2, 0.25) is 0 Å². The molecule has 1 aliphatic rings. The van der Waals surface area contributed by atoms with Gasteiger partial charge in [-0.05, 0) is 24.7 Å². The first-order chi connectivity index (χ1) is 13.4. The minimum atomic E-state index is -1.09. The maximum atomic E-state index is 12.9. The Hall–Kier alpha value is -2.97. The second-order valence-corrected chi connectivity index (χ2v) is 7.79. The fourth-order valence-corrected chi connectivity index (χ4v) is 3.89. The number of carboxylic acid groups (broad SMARTS) is 1. The topological polar surface area (TPSA) is 119 Å². The van der Waals surface area contributed by atoms with Crippen molar-refractivity contribution in [2.75, 3.05) is 0 Å². The van der Waals surface area contributed by atoms with Crippen LogP contribution in [0, 0.1) is 5.92 Å². The third-order valence-corrected chi connectivity index (χ3v) is 5.36. The summed E-state index contributed by atoms with van der Waals surface area (Å²) in [6.07, 6.45) is 8.60. The van der Waals surface area contributed by atoms with E-state index in [2.05, 4.69) is 15.1 Å². The van der Waals surface area contributed by atoms with Crippen LogP contribution in [0.3, 0.4) is 0 Å². The van der Waals surface area contributed by atoms with Crippen molar-refractivity contribution in [1.82, 2.24) is 29.5 Å². The van der Waals surface area contributed by atoms with Crippen LogP contribution >= 0.6 is 0 Å². The van der Waals surface area contributed by atoms with Crippen LogP contribution in [-0.4, -0.2) is 40.6 Å². The van der Waals surface area contributed by atoms with E-state index >= 15 is 0 Å². The third-order valence-electron chi connectivity index (χ3n) is 5.36. The molecule has 0 radical (unpaired) electrons. The Morgan fingerprint density at radius 2 is 2.07 bits per heavy atom. The van der Waals surface area contributed by atoms with Gasteiger partial charge in [0.15, 0.2) is 5.52 Å². The number of nitrogens with zero attached hydrogens (tertiary/aromatic N) is 5. The summed E-state index contributed by atoms with van der Waals surface area (Å²) in [6, 6.07) is 0. The largest absolute Gasteiger partial charge is 0.478 e. The van der Waals surface area contributed by atoms with Gasteiger partial charge >= 0.3 is 5.97 Å². The number of fused-ring (bicyclic) bond motifs is 1. The van der Waals surface area contributed by atoms with Crippen molar-refractivity contribution in [1.29, 1.82) is 0 Å². The van der Waals surface area contributed by atoms with Gasteiger partial charge in [0.25, 0.3) is 5.56 Å². The van der Waals surface area contributed by atoms with Crippen molar-refractivity contribution in [3.05, 3.63) is 34.0 Å². The molecule has 2 N–H and O–H groups in total.